The summed E-state index contributed by atoms with van der Waals surface area (Å²) in [7, 11) is 2.93. The Labute approximate surface area is 304 Å². The van der Waals surface area contributed by atoms with Gasteiger partial charge in [0.1, 0.15) is 30.3 Å². The lowest BCUT2D eigenvalue weighted by Crippen LogP contribution is -2.48. The minimum absolute atomic E-state index is 0.0247. The second kappa shape index (κ2) is 17.4. The van der Waals surface area contributed by atoms with E-state index in [1.165, 1.54) is 13.2 Å². The Bertz CT molecular complexity index is 1490. The van der Waals surface area contributed by atoms with Crippen molar-refractivity contribution >= 4 is 52.5 Å². The second-order valence-corrected chi connectivity index (χ2v) is 15.6. The van der Waals surface area contributed by atoms with Gasteiger partial charge in [-0.2, -0.15) is 0 Å². The molecule has 0 N–H and O–H groups in total. The highest BCUT2D eigenvalue weighted by atomic mass is 35.6. The van der Waals surface area contributed by atoms with Crippen LogP contribution in [-0.4, -0.2) is 60.0 Å². The highest BCUT2D eigenvalue weighted by Crippen LogP contribution is 2.54. The van der Waals surface area contributed by atoms with Crippen molar-refractivity contribution in [3.8, 4) is 5.75 Å². The molecule has 1 saturated carbocycles. The third kappa shape index (κ3) is 10.1. The molecule has 1 heterocycles. The van der Waals surface area contributed by atoms with Crippen molar-refractivity contribution in [2.45, 2.75) is 63.1 Å². The van der Waals surface area contributed by atoms with Crippen molar-refractivity contribution in [2.24, 2.45) is 29.1 Å². The van der Waals surface area contributed by atoms with Gasteiger partial charge < -0.3 is 23.8 Å². The average molecular weight is 735 g/mol. The van der Waals surface area contributed by atoms with E-state index in [4.69, 9.17) is 53.8 Å². The third-order valence-corrected chi connectivity index (χ3v) is 10.4. The van der Waals surface area contributed by atoms with E-state index in [1.54, 1.807) is 12.0 Å². The van der Waals surface area contributed by atoms with E-state index in [9.17, 15) is 14.4 Å². The van der Waals surface area contributed by atoms with Crippen LogP contribution >= 0.6 is 34.8 Å². The van der Waals surface area contributed by atoms with Gasteiger partial charge in [0.25, 0.3) is 0 Å². The summed E-state index contributed by atoms with van der Waals surface area (Å²) in [5.41, 5.74) is 2.21. The summed E-state index contributed by atoms with van der Waals surface area (Å²) < 4.78 is 20.0. The Morgan fingerprint density at radius 1 is 1.04 bits per heavy atom. The van der Waals surface area contributed by atoms with E-state index >= 15 is 0 Å². The number of halogens is 3. The zero-order chi connectivity index (χ0) is 35.8. The molecule has 0 spiro atoms. The van der Waals surface area contributed by atoms with Crippen molar-refractivity contribution < 1.29 is 33.3 Å². The predicted molar refractivity (Wildman–Crippen MR) is 191 cm³/mol. The molecule has 266 valence electrons. The number of carbonyl (C=O) groups is 3. The van der Waals surface area contributed by atoms with Gasteiger partial charge in [-0.15, -0.1) is 0 Å². The van der Waals surface area contributed by atoms with Crippen molar-refractivity contribution in [1.82, 2.24) is 4.90 Å². The highest BCUT2D eigenvalue weighted by molar-refractivity contribution is 6.68. The van der Waals surface area contributed by atoms with Gasteiger partial charge in [0.15, 0.2) is 0 Å². The Morgan fingerprint density at radius 2 is 1.73 bits per heavy atom. The molecule has 49 heavy (non-hydrogen) atoms. The molecule has 0 aromatic heterocycles. The fraction of sp³-hybridized carbons (Fsp3) is 0.500. The van der Waals surface area contributed by atoms with E-state index in [-0.39, 0.29) is 42.7 Å². The van der Waals surface area contributed by atoms with Crippen LogP contribution in [0.2, 0.25) is 0 Å². The zero-order valence-corrected chi connectivity index (χ0v) is 31.0. The SMILES string of the molecule is COC(=O)/C=C/[C@@H]1[C@@H](/C(C)=C/[C@H](C)CC[C@@H](OCOCc2ccccc2)C(Cl)(Cl)Cl)CC(=O)[C@@H]2C(=O)N(Cc3ccc(OC)cc3)C[C@@]21C. The van der Waals surface area contributed by atoms with Crippen LogP contribution in [0.3, 0.4) is 0 Å². The lowest BCUT2D eigenvalue weighted by molar-refractivity contribution is -0.142. The number of carbonyl (C=O) groups excluding carboxylic acids is 3. The molecule has 0 bridgehead atoms. The highest BCUT2D eigenvalue weighted by Gasteiger charge is 2.60. The first-order valence-corrected chi connectivity index (χ1v) is 17.6. The molecule has 0 radical (unpaired) electrons. The van der Waals surface area contributed by atoms with Crippen molar-refractivity contribution in [1.29, 1.82) is 0 Å². The number of methoxy groups -OCH3 is 2. The molecule has 6 atom stereocenters. The van der Waals surface area contributed by atoms with E-state index < -0.39 is 27.2 Å². The Morgan fingerprint density at radius 3 is 2.37 bits per heavy atom. The van der Waals surface area contributed by atoms with E-state index in [0.717, 1.165) is 22.4 Å². The van der Waals surface area contributed by atoms with Gasteiger partial charge in [0.2, 0.25) is 9.70 Å². The molecule has 2 aromatic rings. The number of alkyl halides is 3. The zero-order valence-electron chi connectivity index (χ0n) is 28.7. The van der Waals surface area contributed by atoms with Crippen LogP contribution in [0.25, 0.3) is 0 Å². The predicted octanol–water partition coefficient (Wildman–Crippen LogP) is 7.89. The molecule has 8 nitrogen and oxygen atoms in total. The van der Waals surface area contributed by atoms with Crippen LogP contribution in [-0.2, 0) is 41.7 Å². The minimum Gasteiger partial charge on any atom is -0.497 e. The first kappa shape index (κ1) is 38.9. The van der Waals surface area contributed by atoms with E-state index in [0.29, 0.717) is 32.5 Å². The minimum atomic E-state index is -1.65. The quantitative estimate of drug-likeness (QED) is 0.0350. The molecule has 4 rings (SSSR count). The summed E-state index contributed by atoms with van der Waals surface area (Å²) in [6.45, 7) is 7.15. The first-order chi connectivity index (χ1) is 23.3. The smallest absolute Gasteiger partial charge is 0.330 e. The van der Waals surface area contributed by atoms with Crippen LogP contribution in [0.4, 0.5) is 0 Å². The molecular weight excluding hydrogens is 689 g/mol. The normalized spacial score (nSPS) is 24.2. The molecule has 2 aromatic carbocycles. The fourth-order valence-electron chi connectivity index (χ4n) is 7.18. The maximum Gasteiger partial charge on any atom is 0.330 e. The average Bonchev–Trinajstić information content (AvgIpc) is 3.33. The lowest BCUT2D eigenvalue weighted by Gasteiger charge is -2.45. The van der Waals surface area contributed by atoms with Gasteiger partial charge >= 0.3 is 5.97 Å². The fourth-order valence-corrected chi connectivity index (χ4v) is 7.69. The summed E-state index contributed by atoms with van der Waals surface area (Å²) in [6, 6.07) is 17.3. The number of nitrogens with zero attached hydrogens (tertiary/aromatic N) is 1. The third-order valence-electron chi connectivity index (χ3n) is 9.71. The Hall–Kier alpha value is -2.88. The molecule has 11 heteroatoms. The van der Waals surface area contributed by atoms with Crippen LogP contribution in [0.1, 0.15) is 51.2 Å². The number of likely N-dealkylation sites (tertiary alicyclic amines) is 1. The summed E-state index contributed by atoms with van der Waals surface area (Å²) in [4.78, 5) is 41.6. The number of benzene rings is 2. The van der Waals surface area contributed by atoms with E-state index in [2.05, 4.69) is 13.0 Å². The number of rotatable bonds is 15. The number of hydrogen-bond donors (Lipinski definition) is 0. The van der Waals surface area contributed by atoms with Gasteiger partial charge in [-0.1, -0.05) is 109 Å². The number of fused-ring (bicyclic) bond motifs is 1. The molecule has 0 unspecified atom stereocenters. The monoisotopic (exact) mass is 733 g/mol. The number of amides is 1. The van der Waals surface area contributed by atoms with Crippen molar-refractivity contribution in [3.63, 3.8) is 0 Å². The molecular formula is C38H46Cl3NO7. The largest absolute Gasteiger partial charge is 0.497 e. The topological polar surface area (TPSA) is 91.4 Å². The number of allylic oxidation sites excluding steroid dienone is 3. The Kier molecular flexibility index (Phi) is 13.8. The van der Waals surface area contributed by atoms with Crippen molar-refractivity contribution in [3.05, 3.63) is 89.5 Å². The molecule has 1 aliphatic heterocycles. The maximum absolute atomic E-state index is 13.8. The van der Waals surface area contributed by atoms with Crippen LogP contribution in [0.15, 0.2) is 78.4 Å². The second-order valence-electron chi connectivity index (χ2n) is 13.3. The van der Waals surface area contributed by atoms with Crippen LogP contribution in [0, 0.1) is 29.1 Å². The summed E-state index contributed by atoms with van der Waals surface area (Å²) >= 11 is 18.9. The number of ketones is 1. The maximum atomic E-state index is 13.8. The van der Waals surface area contributed by atoms with Gasteiger partial charge in [-0.25, -0.2) is 4.79 Å². The van der Waals surface area contributed by atoms with Gasteiger partial charge in [0, 0.05) is 31.0 Å². The Balaban J connectivity index is 1.47. The lowest BCUT2D eigenvalue weighted by atomic mass is 9.56. The summed E-state index contributed by atoms with van der Waals surface area (Å²) in [5.74, 6) is -1.29. The van der Waals surface area contributed by atoms with Crippen LogP contribution < -0.4 is 4.74 Å². The summed E-state index contributed by atoms with van der Waals surface area (Å²) in [5, 5.41) is 0. The van der Waals surface area contributed by atoms with Crippen LogP contribution in [0.5, 0.6) is 5.75 Å². The molecule has 2 aliphatic rings. The molecule has 1 aliphatic carbocycles. The van der Waals surface area contributed by atoms with Gasteiger partial charge in [-0.05, 0) is 60.8 Å². The number of Topliss-reactive ketones (excluding diaryl/α,β-unsaturated/α-hetero) is 1. The summed E-state index contributed by atoms with van der Waals surface area (Å²) in [6.07, 6.45) is 5.96. The number of hydrogen-bond acceptors (Lipinski definition) is 7. The van der Waals surface area contributed by atoms with Gasteiger partial charge in [0.05, 0.1) is 20.8 Å². The van der Waals surface area contributed by atoms with Crippen molar-refractivity contribution in [2.75, 3.05) is 27.6 Å². The molecule has 1 amide bonds. The van der Waals surface area contributed by atoms with E-state index in [1.807, 2.05) is 74.5 Å². The first-order valence-electron chi connectivity index (χ1n) is 16.5. The van der Waals surface area contributed by atoms with Gasteiger partial charge in [-0.3, -0.25) is 9.59 Å². The number of ether oxygens (including phenoxy) is 4. The molecule has 2 fully saturated rings. The number of esters is 1. The standard InChI is InChI=1S/C38H46Cl3NO7/c1-25(11-17-33(38(39,40)41)49-24-48-22-28-9-7-6-8-10-28)19-26(2)30-20-32(43)35-36(45)42(21-27-12-14-29(46-4)15-13-27)23-37(35,3)31(30)16-18-34(44)47-5/h6-10,12-16,18-19,25,30-31,33,35H,11,17,20-24H2,1-5H3/b18-16+,26-19+/t25-,30-,31-,33-,35-,37-/m1/s1. The molecule has 1 saturated heterocycles.